The van der Waals surface area contributed by atoms with Gasteiger partial charge in [-0.05, 0) is 23.1 Å². The zero-order valence-electron chi connectivity index (χ0n) is 11.3. The van der Waals surface area contributed by atoms with E-state index >= 15 is 0 Å². The average molecular weight is 294 g/mol. The fourth-order valence-corrected chi connectivity index (χ4v) is 2.75. The molecule has 0 spiro atoms. The molecule has 0 aliphatic rings. The largest absolute Gasteiger partial charge is 0.493 e. The van der Waals surface area contributed by atoms with E-state index in [1.807, 2.05) is 0 Å². The second-order valence-corrected chi connectivity index (χ2v) is 4.66. The molecule has 106 valence electrons. The number of carboxylic acids is 1. The van der Waals surface area contributed by atoms with Crippen LogP contribution in [0.3, 0.4) is 0 Å². The fourth-order valence-electron chi connectivity index (χ4n) is 1.92. The van der Waals surface area contributed by atoms with Gasteiger partial charge in [0.1, 0.15) is 0 Å². The maximum absolute atomic E-state index is 11.2. The first kappa shape index (κ1) is 14.2. The van der Waals surface area contributed by atoms with Crippen molar-refractivity contribution in [1.29, 1.82) is 0 Å². The van der Waals surface area contributed by atoms with E-state index in [0.717, 1.165) is 0 Å². The molecule has 1 aromatic carbocycles. The predicted octanol–water partition coefficient (Wildman–Crippen LogP) is 3.14. The van der Waals surface area contributed by atoms with Crippen LogP contribution in [-0.4, -0.2) is 32.4 Å². The summed E-state index contributed by atoms with van der Waals surface area (Å²) in [6, 6.07) is 3.46. The first-order chi connectivity index (χ1) is 9.62. The first-order valence-electron chi connectivity index (χ1n) is 5.72. The number of hydrogen-bond acceptors (Lipinski definition) is 5. The molecule has 1 aromatic heterocycles. The van der Waals surface area contributed by atoms with Crippen molar-refractivity contribution >= 4 is 17.3 Å². The summed E-state index contributed by atoms with van der Waals surface area (Å²) in [6.45, 7) is 0. The molecule has 0 atom stereocenters. The Hall–Kier alpha value is -2.21. The van der Waals surface area contributed by atoms with E-state index in [0.29, 0.717) is 28.4 Å². The van der Waals surface area contributed by atoms with Crippen LogP contribution < -0.4 is 14.2 Å². The van der Waals surface area contributed by atoms with Gasteiger partial charge in [-0.1, -0.05) is 0 Å². The highest BCUT2D eigenvalue weighted by Gasteiger charge is 2.18. The predicted molar refractivity (Wildman–Crippen MR) is 76.4 cm³/mol. The van der Waals surface area contributed by atoms with Gasteiger partial charge < -0.3 is 19.3 Å². The van der Waals surface area contributed by atoms with Gasteiger partial charge in [0.25, 0.3) is 0 Å². The van der Waals surface area contributed by atoms with E-state index < -0.39 is 5.97 Å². The topological polar surface area (TPSA) is 65.0 Å². The van der Waals surface area contributed by atoms with Gasteiger partial charge in [0.15, 0.2) is 11.5 Å². The SMILES string of the molecule is COc1cc(-c2cscc2C(=O)O)cc(OC)c1OC. The van der Waals surface area contributed by atoms with Gasteiger partial charge in [-0.2, -0.15) is 11.3 Å². The van der Waals surface area contributed by atoms with E-state index in [1.165, 1.54) is 32.7 Å². The van der Waals surface area contributed by atoms with Crippen LogP contribution in [0.2, 0.25) is 0 Å². The molecule has 0 aliphatic carbocycles. The molecule has 20 heavy (non-hydrogen) atoms. The molecule has 6 heteroatoms. The minimum atomic E-state index is -0.963. The summed E-state index contributed by atoms with van der Waals surface area (Å²) in [4.78, 5) is 11.2. The summed E-state index contributed by atoms with van der Waals surface area (Å²) in [5, 5.41) is 12.6. The minimum absolute atomic E-state index is 0.254. The molecule has 0 amide bonds. The maximum atomic E-state index is 11.2. The van der Waals surface area contributed by atoms with Crippen LogP contribution >= 0.6 is 11.3 Å². The monoisotopic (exact) mass is 294 g/mol. The molecule has 5 nitrogen and oxygen atoms in total. The molecular weight excluding hydrogens is 280 g/mol. The second kappa shape index (κ2) is 5.83. The Morgan fingerprint density at radius 1 is 1.05 bits per heavy atom. The lowest BCUT2D eigenvalue weighted by atomic mass is 10.0. The third-order valence-corrected chi connectivity index (χ3v) is 3.61. The second-order valence-electron chi connectivity index (χ2n) is 3.92. The zero-order chi connectivity index (χ0) is 14.7. The standard InChI is InChI=1S/C14H14O5S/c1-17-11-4-8(5-12(18-2)13(11)19-3)9-6-20-7-10(9)14(15)16/h4-7H,1-3H3,(H,15,16). The maximum Gasteiger partial charge on any atom is 0.337 e. The van der Waals surface area contributed by atoms with Crippen molar-refractivity contribution in [2.75, 3.05) is 21.3 Å². The van der Waals surface area contributed by atoms with E-state index in [-0.39, 0.29) is 5.56 Å². The Bertz CT molecular complexity index is 607. The summed E-state index contributed by atoms with van der Waals surface area (Å²) in [5.74, 6) is 0.495. The fraction of sp³-hybridized carbons (Fsp3) is 0.214. The highest BCUT2D eigenvalue weighted by molar-refractivity contribution is 7.08. The molecule has 0 bridgehead atoms. The number of benzene rings is 1. The van der Waals surface area contributed by atoms with Crippen molar-refractivity contribution < 1.29 is 24.1 Å². The molecule has 2 aromatic rings. The summed E-state index contributed by atoms with van der Waals surface area (Å²) < 4.78 is 15.8. The number of thiophene rings is 1. The van der Waals surface area contributed by atoms with Crippen LogP contribution in [0.15, 0.2) is 22.9 Å². The van der Waals surface area contributed by atoms with Gasteiger partial charge >= 0.3 is 5.97 Å². The summed E-state index contributed by atoms with van der Waals surface area (Å²) >= 11 is 1.33. The summed E-state index contributed by atoms with van der Waals surface area (Å²) in [5.41, 5.74) is 1.59. The van der Waals surface area contributed by atoms with E-state index in [1.54, 1.807) is 22.9 Å². The highest BCUT2D eigenvalue weighted by atomic mass is 32.1. The Labute approximate surface area is 120 Å². The van der Waals surface area contributed by atoms with Crippen LogP contribution in [0.25, 0.3) is 11.1 Å². The van der Waals surface area contributed by atoms with Crippen molar-refractivity contribution in [3.05, 3.63) is 28.5 Å². The normalized spacial score (nSPS) is 10.2. The van der Waals surface area contributed by atoms with Gasteiger partial charge in [-0.3, -0.25) is 0 Å². The number of aromatic carboxylic acids is 1. The third-order valence-electron chi connectivity index (χ3n) is 2.87. The van der Waals surface area contributed by atoms with Gasteiger partial charge in [-0.25, -0.2) is 4.79 Å². The molecule has 1 heterocycles. The number of hydrogen-bond donors (Lipinski definition) is 1. The molecule has 0 unspecified atom stereocenters. The van der Waals surface area contributed by atoms with E-state index in [9.17, 15) is 9.90 Å². The van der Waals surface area contributed by atoms with Crippen LogP contribution in [0.1, 0.15) is 10.4 Å². The van der Waals surface area contributed by atoms with Gasteiger partial charge in [0.2, 0.25) is 5.75 Å². The Balaban J connectivity index is 2.63. The Kier molecular flexibility index (Phi) is 4.14. The molecule has 0 radical (unpaired) electrons. The zero-order valence-corrected chi connectivity index (χ0v) is 12.1. The quantitative estimate of drug-likeness (QED) is 0.917. The lowest BCUT2D eigenvalue weighted by molar-refractivity contribution is 0.0698. The molecule has 0 fully saturated rings. The molecule has 0 saturated heterocycles. The van der Waals surface area contributed by atoms with Gasteiger partial charge in [0.05, 0.1) is 26.9 Å². The van der Waals surface area contributed by atoms with E-state index in [2.05, 4.69) is 0 Å². The molecule has 0 aliphatic heterocycles. The molecular formula is C14H14O5S. The number of rotatable bonds is 5. The lowest BCUT2D eigenvalue weighted by Crippen LogP contribution is -1.98. The molecule has 1 N–H and O–H groups in total. The Morgan fingerprint density at radius 2 is 1.65 bits per heavy atom. The Morgan fingerprint density at radius 3 is 2.10 bits per heavy atom. The minimum Gasteiger partial charge on any atom is -0.493 e. The first-order valence-corrected chi connectivity index (χ1v) is 6.66. The third kappa shape index (κ3) is 2.42. The van der Waals surface area contributed by atoms with Crippen molar-refractivity contribution in [3.8, 4) is 28.4 Å². The van der Waals surface area contributed by atoms with Crippen molar-refractivity contribution in [2.45, 2.75) is 0 Å². The molecule has 2 rings (SSSR count). The van der Waals surface area contributed by atoms with E-state index in [4.69, 9.17) is 14.2 Å². The van der Waals surface area contributed by atoms with Crippen molar-refractivity contribution in [2.24, 2.45) is 0 Å². The number of ether oxygens (including phenoxy) is 3. The van der Waals surface area contributed by atoms with Crippen molar-refractivity contribution in [3.63, 3.8) is 0 Å². The summed E-state index contributed by atoms with van der Waals surface area (Å²) in [7, 11) is 4.56. The van der Waals surface area contributed by atoms with Crippen molar-refractivity contribution in [1.82, 2.24) is 0 Å². The van der Waals surface area contributed by atoms with Crippen LogP contribution in [-0.2, 0) is 0 Å². The number of carbonyl (C=O) groups is 1. The highest BCUT2D eigenvalue weighted by Crippen LogP contribution is 2.42. The van der Waals surface area contributed by atoms with Crippen LogP contribution in [0, 0.1) is 0 Å². The average Bonchev–Trinajstić information content (AvgIpc) is 2.95. The van der Waals surface area contributed by atoms with Crippen LogP contribution in [0.4, 0.5) is 0 Å². The van der Waals surface area contributed by atoms with Gasteiger partial charge in [-0.15, -0.1) is 0 Å². The number of methoxy groups -OCH3 is 3. The smallest absolute Gasteiger partial charge is 0.337 e. The summed E-state index contributed by atoms with van der Waals surface area (Å²) in [6.07, 6.45) is 0. The van der Waals surface area contributed by atoms with Gasteiger partial charge in [0, 0.05) is 10.9 Å². The van der Waals surface area contributed by atoms with Crippen LogP contribution in [0.5, 0.6) is 17.2 Å². The molecule has 0 saturated carbocycles. The number of carboxylic acid groups (broad SMARTS) is 1. The lowest BCUT2D eigenvalue weighted by Gasteiger charge is -2.14.